The van der Waals surface area contributed by atoms with Gasteiger partial charge in [0.05, 0.1) is 17.7 Å². The molecule has 0 saturated carbocycles. The lowest BCUT2D eigenvalue weighted by atomic mass is 10.1. The molecular weight excluding hydrogens is 579 g/mol. The number of benzene rings is 1. The number of amides is 1. The van der Waals surface area contributed by atoms with Crippen LogP contribution in [0.1, 0.15) is 20.7 Å². The first-order valence-corrected chi connectivity index (χ1v) is 7.93. The Balaban J connectivity index is 3.33. The summed E-state index contributed by atoms with van der Waals surface area (Å²) in [5.74, 6) is -1.44. The molecule has 3 N–H and O–H groups in total. The molecule has 0 aliphatic rings. The van der Waals surface area contributed by atoms with Crippen molar-refractivity contribution in [3.63, 3.8) is 0 Å². The summed E-state index contributed by atoms with van der Waals surface area (Å²) in [4.78, 5) is 23.0. The van der Waals surface area contributed by atoms with Crippen LogP contribution in [0.15, 0.2) is 6.07 Å². The molecule has 0 aliphatic carbocycles. The largest absolute Gasteiger partial charge is 0.478 e. The van der Waals surface area contributed by atoms with Gasteiger partial charge in [0.2, 0.25) is 0 Å². The number of halogens is 3. The van der Waals surface area contributed by atoms with E-state index in [4.69, 9.17) is 10.2 Å². The van der Waals surface area contributed by atoms with E-state index in [0.29, 0.717) is 16.3 Å². The van der Waals surface area contributed by atoms with E-state index in [1.807, 2.05) is 67.8 Å². The van der Waals surface area contributed by atoms with Crippen LogP contribution in [0.2, 0.25) is 0 Å². The smallest absolute Gasteiger partial charge is 0.336 e. The fraction of sp³-hybridized carbons (Fsp3) is 0.200. The van der Waals surface area contributed by atoms with Crippen LogP contribution >= 0.6 is 67.8 Å². The van der Waals surface area contributed by atoms with Gasteiger partial charge in [-0.2, -0.15) is 0 Å². The van der Waals surface area contributed by atoms with Crippen LogP contribution in [-0.4, -0.2) is 35.2 Å². The van der Waals surface area contributed by atoms with Crippen LogP contribution < -0.4 is 5.32 Å². The second-order valence-electron chi connectivity index (χ2n) is 3.19. The van der Waals surface area contributed by atoms with E-state index in [1.165, 1.54) is 6.07 Å². The molecule has 0 radical (unpaired) electrons. The fourth-order valence-corrected chi connectivity index (χ4v) is 3.89. The van der Waals surface area contributed by atoms with E-state index in [0.717, 1.165) is 0 Å². The van der Waals surface area contributed by atoms with Gasteiger partial charge in [0, 0.05) is 17.3 Å². The van der Waals surface area contributed by atoms with Gasteiger partial charge < -0.3 is 15.5 Å². The maximum absolute atomic E-state index is 11.9. The number of carboxylic acids is 1. The average molecular weight is 587 g/mol. The lowest BCUT2D eigenvalue weighted by Crippen LogP contribution is -2.28. The number of hydrogen-bond acceptors (Lipinski definition) is 3. The third-order valence-corrected chi connectivity index (χ3v) is 6.13. The summed E-state index contributed by atoms with van der Waals surface area (Å²) in [5, 5.41) is 20.3. The Morgan fingerprint density at radius 1 is 1.22 bits per heavy atom. The first kappa shape index (κ1) is 16.4. The zero-order valence-electron chi connectivity index (χ0n) is 8.84. The lowest BCUT2D eigenvalue weighted by Gasteiger charge is -2.12. The minimum atomic E-state index is -1.06. The van der Waals surface area contributed by atoms with Crippen molar-refractivity contribution in [3.05, 3.63) is 27.9 Å². The molecule has 1 amide bonds. The number of nitrogens with one attached hydrogen (secondary N) is 1. The quantitative estimate of drug-likeness (QED) is 0.372. The highest BCUT2D eigenvalue weighted by atomic mass is 127. The van der Waals surface area contributed by atoms with Gasteiger partial charge in [-0.05, 0) is 73.8 Å². The van der Waals surface area contributed by atoms with Gasteiger partial charge in [-0.15, -0.1) is 0 Å². The number of aliphatic hydroxyl groups excluding tert-OH is 1. The third-order valence-electron chi connectivity index (χ3n) is 2.01. The molecule has 0 atom stereocenters. The average Bonchev–Trinajstić information content (AvgIpc) is 2.31. The number of aliphatic hydroxyl groups is 1. The normalized spacial score (nSPS) is 10.2. The second-order valence-corrected chi connectivity index (χ2v) is 6.51. The summed E-state index contributed by atoms with van der Waals surface area (Å²) in [6.07, 6.45) is 0. The number of carbonyl (C=O) groups is 2. The van der Waals surface area contributed by atoms with Gasteiger partial charge in [-0.3, -0.25) is 4.79 Å². The summed E-state index contributed by atoms with van der Waals surface area (Å²) in [6, 6.07) is 1.54. The van der Waals surface area contributed by atoms with Crippen LogP contribution in [0, 0.1) is 10.7 Å². The van der Waals surface area contributed by atoms with E-state index in [-0.39, 0.29) is 24.6 Å². The van der Waals surface area contributed by atoms with E-state index in [9.17, 15) is 9.59 Å². The van der Waals surface area contributed by atoms with Crippen LogP contribution in [-0.2, 0) is 0 Å². The van der Waals surface area contributed by atoms with E-state index < -0.39 is 5.97 Å². The Bertz CT molecular complexity index is 504. The molecule has 8 heteroatoms. The molecule has 0 bridgehead atoms. The van der Waals surface area contributed by atoms with Crippen LogP contribution in [0.25, 0.3) is 0 Å². The van der Waals surface area contributed by atoms with Crippen molar-refractivity contribution in [2.24, 2.45) is 0 Å². The summed E-state index contributed by atoms with van der Waals surface area (Å²) in [6.45, 7) is -0.0204. The molecule has 0 heterocycles. The van der Waals surface area contributed by atoms with Crippen molar-refractivity contribution in [1.82, 2.24) is 5.32 Å². The Hall–Kier alpha value is 0.310. The van der Waals surface area contributed by atoms with Gasteiger partial charge in [0.25, 0.3) is 5.91 Å². The van der Waals surface area contributed by atoms with Crippen LogP contribution in [0.4, 0.5) is 0 Å². The first-order valence-electron chi connectivity index (χ1n) is 4.70. The van der Waals surface area contributed by atoms with Gasteiger partial charge in [0.15, 0.2) is 0 Å². The number of hydrogen-bond donors (Lipinski definition) is 3. The minimum absolute atomic E-state index is 0.106. The van der Waals surface area contributed by atoms with E-state index in [1.54, 1.807) is 0 Å². The molecule has 18 heavy (non-hydrogen) atoms. The van der Waals surface area contributed by atoms with Crippen molar-refractivity contribution < 1.29 is 19.8 Å². The SMILES string of the molecule is O=C(O)c1cc(I)c(I)c(C(=O)NCCO)c1I. The predicted octanol–water partition coefficient (Wildman–Crippen LogP) is 1.92. The lowest BCUT2D eigenvalue weighted by molar-refractivity contribution is 0.0695. The van der Waals surface area contributed by atoms with E-state index >= 15 is 0 Å². The number of carbonyl (C=O) groups excluding carboxylic acids is 1. The van der Waals surface area contributed by atoms with E-state index in [2.05, 4.69) is 5.32 Å². The predicted molar refractivity (Wildman–Crippen MR) is 91.0 cm³/mol. The van der Waals surface area contributed by atoms with Crippen molar-refractivity contribution in [2.75, 3.05) is 13.2 Å². The zero-order chi connectivity index (χ0) is 13.9. The van der Waals surface area contributed by atoms with Gasteiger partial charge in [-0.1, -0.05) is 0 Å². The number of rotatable bonds is 4. The van der Waals surface area contributed by atoms with Crippen molar-refractivity contribution >= 4 is 79.6 Å². The van der Waals surface area contributed by atoms with Gasteiger partial charge in [-0.25, -0.2) is 4.79 Å². The Kier molecular flexibility index (Phi) is 6.54. The molecule has 1 aromatic rings. The van der Waals surface area contributed by atoms with Crippen LogP contribution in [0.3, 0.4) is 0 Å². The molecule has 0 unspecified atom stereocenters. The molecule has 1 rings (SSSR count). The standard InChI is InChI=1S/C10H8I3NO4/c11-5-3-4(10(17)18)7(12)6(8(5)13)9(16)14-1-2-15/h3,15H,1-2H2,(H,14,16)(H,17,18). The molecule has 0 aliphatic heterocycles. The highest BCUT2D eigenvalue weighted by Gasteiger charge is 2.22. The number of aromatic carboxylic acids is 1. The molecule has 98 valence electrons. The third kappa shape index (κ3) is 3.66. The summed E-state index contributed by atoms with van der Waals surface area (Å²) in [5.41, 5.74) is 0.448. The molecule has 0 spiro atoms. The molecular formula is C10H8I3NO4. The van der Waals surface area contributed by atoms with Gasteiger partial charge >= 0.3 is 5.97 Å². The fourth-order valence-electron chi connectivity index (χ4n) is 1.22. The number of carboxylic acid groups (broad SMARTS) is 1. The molecule has 1 aromatic carbocycles. The maximum Gasteiger partial charge on any atom is 0.336 e. The Morgan fingerprint density at radius 3 is 2.33 bits per heavy atom. The van der Waals surface area contributed by atoms with Crippen molar-refractivity contribution in [2.45, 2.75) is 0 Å². The van der Waals surface area contributed by atoms with Crippen molar-refractivity contribution in [3.8, 4) is 0 Å². The summed E-state index contributed by atoms with van der Waals surface area (Å²) < 4.78 is 1.82. The van der Waals surface area contributed by atoms with Gasteiger partial charge in [0.1, 0.15) is 0 Å². The Morgan fingerprint density at radius 2 is 1.83 bits per heavy atom. The van der Waals surface area contributed by atoms with Crippen LogP contribution in [0.5, 0.6) is 0 Å². The summed E-state index contributed by atoms with van der Waals surface area (Å²) in [7, 11) is 0. The highest BCUT2D eigenvalue weighted by molar-refractivity contribution is 14.1. The summed E-state index contributed by atoms with van der Waals surface area (Å²) >= 11 is 5.86. The highest BCUT2D eigenvalue weighted by Crippen LogP contribution is 2.27. The minimum Gasteiger partial charge on any atom is -0.478 e. The molecule has 5 nitrogen and oxygen atoms in total. The molecule has 0 aromatic heterocycles. The maximum atomic E-state index is 11.9. The zero-order valence-corrected chi connectivity index (χ0v) is 15.3. The second kappa shape index (κ2) is 7.19. The topological polar surface area (TPSA) is 86.6 Å². The monoisotopic (exact) mass is 587 g/mol. The Labute approximate surface area is 144 Å². The van der Waals surface area contributed by atoms with Crippen molar-refractivity contribution in [1.29, 1.82) is 0 Å². The first-order chi connectivity index (χ1) is 8.40. The molecule has 0 fully saturated rings. The molecule has 0 saturated heterocycles.